The van der Waals surface area contributed by atoms with E-state index < -0.39 is 0 Å². The van der Waals surface area contributed by atoms with Crippen molar-refractivity contribution in [3.63, 3.8) is 0 Å². The molecule has 0 aliphatic carbocycles. The van der Waals surface area contributed by atoms with E-state index in [-0.39, 0.29) is 17.4 Å². The number of benzene rings is 2. The van der Waals surface area contributed by atoms with Crippen molar-refractivity contribution >= 4 is 17.5 Å². The normalized spacial score (nSPS) is 12.7. The first kappa shape index (κ1) is 18.5. The molecule has 0 saturated heterocycles. The zero-order chi connectivity index (χ0) is 17.6. The summed E-state index contributed by atoms with van der Waals surface area (Å²) in [5.74, 6) is 0.0984. The highest BCUT2D eigenvalue weighted by Gasteiger charge is 2.23. The van der Waals surface area contributed by atoms with Crippen LogP contribution in [0.2, 0.25) is 5.02 Å². The van der Waals surface area contributed by atoms with Crippen molar-refractivity contribution in [3.05, 3.63) is 70.7 Å². The van der Waals surface area contributed by atoms with Gasteiger partial charge in [0.2, 0.25) is 5.91 Å². The van der Waals surface area contributed by atoms with Gasteiger partial charge in [0, 0.05) is 17.5 Å². The van der Waals surface area contributed by atoms with Gasteiger partial charge in [0.15, 0.2) is 0 Å². The lowest BCUT2D eigenvalue weighted by atomic mass is 9.79. The number of hydrogen-bond acceptors (Lipinski definition) is 1. The van der Waals surface area contributed by atoms with E-state index in [1.165, 1.54) is 5.56 Å². The van der Waals surface area contributed by atoms with Crippen molar-refractivity contribution in [3.8, 4) is 0 Å². The molecule has 0 spiro atoms. The maximum absolute atomic E-state index is 12.2. The van der Waals surface area contributed by atoms with Crippen molar-refractivity contribution < 1.29 is 4.79 Å². The lowest BCUT2D eigenvalue weighted by Crippen LogP contribution is -2.37. The summed E-state index contributed by atoms with van der Waals surface area (Å²) in [5.41, 5.74) is 2.46. The number of carbonyl (C=O) groups is 1. The highest BCUT2D eigenvalue weighted by Crippen LogP contribution is 2.28. The van der Waals surface area contributed by atoms with Gasteiger partial charge in [0.05, 0.1) is 0 Å². The second-order valence-corrected chi connectivity index (χ2v) is 7.49. The van der Waals surface area contributed by atoms with Crippen LogP contribution in [-0.4, -0.2) is 11.9 Å². The Hall–Kier alpha value is -1.80. The maximum atomic E-state index is 12.2. The van der Waals surface area contributed by atoms with E-state index in [0.717, 1.165) is 23.4 Å². The molecule has 128 valence electrons. The maximum Gasteiger partial charge on any atom is 0.220 e. The fourth-order valence-corrected chi connectivity index (χ4v) is 3.21. The molecule has 0 aliphatic rings. The minimum absolute atomic E-state index is 0.0319. The minimum Gasteiger partial charge on any atom is -0.354 e. The average Bonchev–Trinajstić information content (AvgIpc) is 2.54. The van der Waals surface area contributed by atoms with E-state index in [1.54, 1.807) is 0 Å². The molecular formula is C21H26ClNO. The highest BCUT2D eigenvalue weighted by molar-refractivity contribution is 6.30. The van der Waals surface area contributed by atoms with Gasteiger partial charge in [-0.3, -0.25) is 4.79 Å². The highest BCUT2D eigenvalue weighted by atomic mass is 35.5. The molecule has 2 aromatic carbocycles. The lowest BCUT2D eigenvalue weighted by Gasteiger charge is -2.29. The predicted molar refractivity (Wildman–Crippen MR) is 101 cm³/mol. The first-order chi connectivity index (χ1) is 11.4. The molecule has 0 aliphatic heterocycles. The summed E-state index contributed by atoms with van der Waals surface area (Å²) in [5, 5.41) is 3.84. The molecule has 3 heteroatoms. The summed E-state index contributed by atoms with van der Waals surface area (Å²) in [4.78, 5) is 12.2. The van der Waals surface area contributed by atoms with Crippen molar-refractivity contribution in [1.82, 2.24) is 5.32 Å². The zero-order valence-corrected chi connectivity index (χ0v) is 15.4. The monoisotopic (exact) mass is 343 g/mol. The fraction of sp³-hybridized carbons (Fsp3) is 0.381. The third-order valence-corrected chi connectivity index (χ3v) is 4.59. The van der Waals surface area contributed by atoms with Gasteiger partial charge in [0.1, 0.15) is 0 Å². The predicted octanol–water partition coefficient (Wildman–Crippen LogP) is 5.15. The summed E-state index contributed by atoms with van der Waals surface area (Å²) >= 11 is 5.88. The fourth-order valence-electron chi connectivity index (χ4n) is 3.08. The van der Waals surface area contributed by atoms with E-state index in [9.17, 15) is 4.79 Å². The topological polar surface area (TPSA) is 29.1 Å². The number of carbonyl (C=O) groups excluding carboxylic acids is 1. The van der Waals surface area contributed by atoms with Gasteiger partial charge in [0.25, 0.3) is 0 Å². The molecule has 0 radical (unpaired) electrons. The van der Waals surface area contributed by atoms with Crippen molar-refractivity contribution in [2.75, 3.05) is 0 Å². The van der Waals surface area contributed by atoms with Crippen LogP contribution in [0.1, 0.15) is 44.7 Å². The second-order valence-electron chi connectivity index (χ2n) is 7.05. The molecule has 0 heterocycles. The van der Waals surface area contributed by atoms with Gasteiger partial charge in [-0.1, -0.05) is 67.9 Å². The Kier molecular flexibility index (Phi) is 6.44. The van der Waals surface area contributed by atoms with Gasteiger partial charge in [-0.05, 0) is 48.4 Å². The summed E-state index contributed by atoms with van der Waals surface area (Å²) in [6, 6.07) is 18.2. The Bertz CT molecular complexity index is 649. The quantitative estimate of drug-likeness (QED) is 0.740. The molecule has 2 rings (SSSR count). The van der Waals surface area contributed by atoms with Crippen LogP contribution in [0.4, 0.5) is 0 Å². The van der Waals surface area contributed by atoms with Crippen molar-refractivity contribution in [2.24, 2.45) is 0 Å². The standard InChI is InChI=1S/C21H26ClNO/c1-16(15-21(2,3)18-7-5-4-6-8-18)23-20(24)14-11-17-9-12-19(22)13-10-17/h4-10,12-13,16H,11,14-15H2,1-3H3,(H,23,24). The largest absolute Gasteiger partial charge is 0.354 e. The van der Waals surface area contributed by atoms with Gasteiger partial charge in [-0.25, -0.2) is 0 Å². The molecule has 1 N–H and O–H groups in total. The van der Waals surface area contributed by atoms with Gasteiger partial charge in [-0.15, -0.1) is 0 Å². The molecule has 24 heavy (non-hydrogen) atoms. The van der Waals surface area contributed by atoms with E-state index in [1.807, 2.05) is 30.3 Å². The van der Waals surface area contributed by atoms with Gasteiger partial charge < -0.3 is 5.32 Å². The van der Waals surface area contributed by atoms with Gasteiger partial charge >= 0.3 is 0 Å². The Morgan fingerprint density at radius 3 is 2.33 bits per heavy atom. The number of nitrogens with one attached hydrogen (secondary N) is 1. The number of halogens is 1. The second kappa shape index (κ2) is 8.34. The summed E-state index contributed by atoms with van der Waals surface area (Å²) in [6.07, 6.45) is 2.14. The smallest absolute Gasteiger partial charge is 0.220 e. The third kappa shape index (κ3) is 5.68. The van der Waals surface area contributed by atoms with Crippen LogP contribution < -0.4 is 5.32 Å². The lowest BCUT2D eigenvalue weighted by molar-refractivity contribution is -0.121. The van der Waals surface area contributed by atoms with E-state index >= 15 is 0 Å². The van der Waals surface area contributed by atoms with E-state index in [0.29, 0.717) is 6.42 Å². The Labute approximate surface area is 150 Å². The van der Waals surface area contributed by atoms with E-state index in [4.69, 9.17) is 11.6 Å². The van der Waals surface area contributed by atoms with Crippen LogP contribution in [0.5, 0.6) is 0 Å². The molecule has 1 atom stereocenters. The van der Waals surface area contributed by atoms with Crippen LogP contribution in [0.15, 0.2) is 54.6 Å². The summed E-state index contributed by atoms with van der Waals surface area (Å²) in [6.45, 7) is 6.52. The molecule has 1 unspecified atom stereocenters. The zero-order valence-electron chi connectivity index (χ0n) is 14.7. The summed E-state index contributed by atoms with van der Waals surface area (Å²) in [7, 11) is 0. The Morgan fingerprint density at radius 2 is 1.71 bits per heavy atom. The number of hydrogen-bond donors (Lipinski definition) is 1. The van der Waals surface area contributed by atoms with E-state index in [2.05, 4.69) is 50.4 Å². The van der Waals surface area contributed by atoms with Crippen molar-refractivity contribution in [1.29, 1.82) is 0 Å². The number of amides is 1. The molecule has 0 aromatic heterocycles. The third-order valence-electron chi connectivity index (χ3n) is 4.33. The van der Waals surface area contributed by atoms with Crippen LogP contribution in [-0.2, 0) is 16.6 Å². The Morgan fingerprint density at radius 1 is 1.08 bits per heavy atom. The molecule has 2 aromatic rings. The van der Waals surface area contributed by atoms with Crippen LogP contribution in [0, 0.1) is 0 Å². The molecule has 1 amide bonds. The number of aryl methyl sites for hydroxylation is 1. The molecule has 0 fully saturated rings. The SMILES string of the molecule is CC(CC(C)(C)c1ccccc1)NC(=O)CCc1ccc(Cl)cc1. The summed E-state index contributed by atoms with van der Waals surface area (Å²) < 4.78 is 0. The molecule has 0 saturated carbocycles. The van der Waals surface area contributed by atoms with Crippen LogP contribution in [0.3, 0.4) is 0 Å². The van der Waals surface area contributed by atoms with Crippen LogP contribution in [0.25, 0.3) is 0 Å². The molecule has 0 bridgehead atoms. The molecular weight excluding hydrogens is 318 g/mol. The number of rotatable bonds is 7. The minimum atomic E-state index is 0.0319. The molecule has 2 nitrogen and oxygen atoms in total. The Balaban J connectivity index is 1.82. The van der Waals surface area contributed by atoms with Crippen LogP contribution >= 0.6 is 11.6 Å². The average molecular weight is 344 g/mol. The first-order valence-corrected chi connectivity index (χ1v) is 8.84. The van der Waals surface area contributed by atoms with Crippen molar-refractivity contribution in [2.45, 2.75) is 51.5 Å². The van der Waals surface area contributed by atoms with Gasteiger partial charge in [-0.2, -0.15) is 0 Å². The first-order valence-electron chi connectivity index (χ1n) is 8.46.